The van der Waals surface area contributed by atoms with E-state index in [2.05, 4.69) is 48.3 Å². The molecule has 1 aromatic rings. The van der Waals surface area contributed by atoms with E-state index in [9.17, 15) is 0 Å². The van der Waals surface area contributed by atoms with Crippen LogP contribution in [0, 0.1) is 12.3 Å². The van der Waals surface area contributed by atoms with Crippen LogP contribution in [0.15, 0.2) is 0 Å². The standard InChI is InChI=1S/C16H30N4O/c1-6-13-19-14(17-7-2)12(3)15(20-13)18-11-16(4,5)9-8-10-21/h21H,6-11H2,1-5H3,(H2,17,18,19,20). The van der Waals surface area contributed by atoms with Gasteiger partial charge in [0.2, 0.25) is 0 Å². The van der Waals surface area contributed by atoms with Crippen molar-refractivity contribution in [1.82, 2.24) is 9.97 Å². The molecule has 0 amide bonds. The molecule has 0 aromatic carbocycles. The van der Waals surface area contributed by atoms with Crippen LogP contribution >= 0.6 is 0 Å². The summed E-state index contributed by atoms with van der Waals surface area (Å²) in [7, 11) is 0. The zero-order valence-electron chi connectivity index (χ0n) is 14.1. The molecular weight excluding hydrogens is 264 g/mol. The maximum Gasteiger partial charge on any atom is 0.134 e. The molecule has 0 bridgehead atoms. The minimum absolute atomic E-state index is 0.130. The highest BCUT2D eigenvalue weighted by Crippen LogP contribution is 2.25. The van der Waals surface area contributed by atoms with Crippen molar-refractivity contribution in [3.05, 3.63) is 11.4 Å². The first-order valence-corrected chi connectivity index (χ1v) is 7.89. The normalized spacial score (nSPS) is 11.5. The molecule has 21 heavy (non-hydrogen) atoms. The Kier molecular flexibility index (Phi) is 6.89. The molecule has 3 N–H and O–H groups in total. The molecule has 1 aromatic heterocycles. The van der Waals surface area contributed by atoms with E-state index >= 15 is 0 Å². The first-order valence-electron chi connectivity index (χ1n) is 7.89. The van der Waals surface area contributed by atoms with Crippen molar-refractivity contribution >= 4 is 11.6 Å². The van der Waals surface area contributed by atoms with Gasteiger partial charge in [-0.3, -0.25) is 0 Å². The molecule has 0 saturated heterocycles. The lowest BCUT2D eigenvalue weighted by Gasteiger charge is -2.25. The zero-order valence-corrected chi connectivity index (χ0v) is 14.1. The van der Waals surface area contributed by atoms with Crippen molar-refractivity contribution in [2.75, 3.05) is 30.3 Å². The summed E-state index contributed by atoms with van der Waals surface area (Å²) in [6.07, 6.45) is 2.64. The summed E-state index contributed by atoms with van der Waals surface area (Å²) < 4.78 is 0. The lowest BCUT2D eigenvalue weighted by atomic mass is 9.88. The Labute approximate surface area is 128 Å². The number of nitrogens with zero attached hydrogens (tertiary/aromatic N) is 2. The fraction of sp³-hybridized carbons (Fsp3) is 0.750. The van der Waals surface area contributed by atoms with Gasteiger partial charge in [-0.05, 0) is 32.1 Å². The van der Waals surface area contributed by atoms with Gasteiger partial charge in [0.25, 0.3) is 0 Å². The summed E-state index contributed by atoms with van der Waals surface area (Å²) >= 11 is 0. The summed E-state index contributed by atoms with van der Waals surface area (Å²) in [6, 6.07) is 0. The van der Waals surface area contributed by atoms with E-state index in [0.29, 0.717) is 0 Å². The topological polar surface area (TPSA) is 70.1 Å². The molecule has 0 fully saturated rings. The molecule has 0 aliphatic carbocycles. The first kappa shape index (κ1) is 17.7. The van der Waals surface area contributed by atoms with Crippen molar-refractivity contribution in [2.45, 2.75) is 53.9 Å². The fourth-order valence-corrected chi connectivity index (χ4v) is 2.20. The van der Waals surface area contributed by atoms with Gasteiger partial charge in [-0.1, -0.05) is 20.8 Å². The van der Waals surface area contributed by atoms with E-state index in [1.54, 1.807) is 0 Å². The van der Waals surface area contributed by atoms with Crippen LogP contribution in [-0.2, 0) is 6.42 Å². The van der Waals surface area contributed by atoms with Crippen LogP contribution in [0.25, 0.3) is 0 Å². The molecule has 1 heterocycles. The smallest absolute Gasteiger partial charge is 0.134 e. The van der Waals surface area contributed by atoms with Crippen molar-refractivity contribution in [3.63, 3.8) is 0 Å². The van der Waals surface area contributed by atoms with Gasteiger partial charge >= 0.3 is 0 Å². The van der Waals surface area contributed by atoms with Crippen LogP contribution in [0.5, 0.6) is 0 Å². The monoisotopic (exact) mass is 294 g/mol. The molecule has 5 heteroatoms. The predicted molar refractivity (Wildman–Crippen MR) is 88.9 cm³/mol. The molecule has 0 atom stereocenters. The van der Waals surface area contributed by atoms with Crippen molar-refractivity contribution < 1.29 is 5.11 Å². The molecule has 0 aliphatic heterocycles. The Bertz CT molecular complexity index is 446. The van der Waals surface area contributed by atoms with Crippen LogP contribution in [0.2, 0.25) is 0 Å². The predicted octanol–water partition coefficient (Wildman–Crippen LogP) is 2.99. The maximum absolute atomic E-state index is 8.97. The Balaban J connectivity index is 2.84. The fourth-order valence-electron chi connectivity index (χ4n) is 2.20. The average Bonchev–Trinajstić information content (AvgIpc) is 2.46. The molecule has 0 unspecified atom stereocenters. The number of rotatable bonds is 9. The zero-order chi connectivity index (χ0) is 15.9. The molecule has 0 spiro atoms. The number of nitrogens with one attached hydrogen (secondary N) is 2. The number of aliphatic hydroxyl groups excluding tert-OH is 1. The van der Waals surface area contributed by atoms with Crippen molar-refractivity contribution in [3.8, 4) is 0 Å². The number of hydrogen-bond acceptors (Lipinski definition) is 5. The summed E-state index contributed by atoms with van der Waals surface area (Å²) in [5.41, 5.74) is 1.19. The van der Waals surface area contributed by atoms with Gasteiger partial charge in [-0.25, -0.2) is 9.97 Å². The largest absolute Gasteiger partial charge is 0.396 e. The molecule has 120 valence electrons. The Morgan fingerprint density at radius 3 is 2.24 bits per heavy atom. The van der Waals surface area contributed by atoms with E-state index < -0.39 is 0 Å². The van der Waals surface area contributed by atoms with Crippen molar-refractivity contribution in [2.24, 2.45) is 5.41 Å². The molecule has 5 nitrogen and oxygen atoms in total. The van der Waals surface area contributed by atoms with Crippen LogP contribution in [0.1, 0.15) is 51.9 Å². The molecule has 0 saturated carbocycles. The number of hydrogen-bond donors (Lipinski definition) is 3. The lowest BCUT2D eigenvalue weighted by Crippen LogP contribution is -2.24. The SMILES string of the molecule is CCNc1nc(CC)nc(NCC(C)(C)CCCO)c1C. The van der Waals surface area contributed by atoms with Gasteiger partial charge in [0, 0.05) is 31.7 Å². The second kappa shape index (κ2) is 8.17. The highest BCUT2D eigenvalue weighted by atomic mass is 16.2. The number of aliphatic hydroxyl groups is 1. The van der Waals surface area contributed by atoms with Gasteiger partial charge in [0.15, 0.2) is 0 Å². The highest BCUT2D eigenvalue weighted by molar-refractivity contribution is 5.57. The second-order valence-electron chi connectivity index (χ2n) is 6.19. The maximum atomic E-state index is 8.97. The summed E-state index contributed by atoms with van der Waals surface area (Å²) in [6.45, 7) is 12.5. The third kappa shape index (κ3) is 5.50. The third-order valence-electron chi connectivity index (χ3n) is 3.60. The van der Waals surface area contributed by atoms with Crippen LogP contribution < -0.4 is 10.6 Å². The quantitative estimate of drug-likeness (QED) is 0.653. The minimum Gasteiger partial charge on any atom is -0.396 e. The number of anilines is 2. The molecule has 1 rings (SSSR count). The van der Waals surface area contributed by atoms with Crippen LogP contribution in [0.3, 0.4) is 0 Å². The van der Waals surface area contributed by atoms with Gasteiger partial charge in [-0.15, -0.1) is 0 Å². The average molecular weight is 294 g/mol. The first-order chi connectivity index (χ1) is 9.93. The minimum atomic E-state index is 0.130. The highest BCUT2D eigenvalue weighted by Gasteiger charge is 2.18. The number of aryl methyl sites for hydroxylation is 1. The Hall–Kier alpha value is -1.36. The van der Waals surface area contributed by atoms with Crippen molar-refractivity contribution in [1.29, 1.82) is 0 Å². The molecular formula is C16H30N4O. The van der Waals surface area contributed by atoms with E-state index in [4.69, 9.17) is 5.11 Å². The van der Waals surface area contributed by atoms with Crippen LogP contribution in [-0.4, -0.2) is 34.8 Å². The van der Waals surface area contributed by atoms with Gasteiger partial charge in [0.05, 0.1) is 0 Å². The van der Waals surface area contributed by atoms with Crippen LogP contribution in [0.4, 0.5) is 11.6 Å². The van der Waals surface area contributed by atoms with Gasteiger partial charge in [0.1, 0.15) is 17.5 Å². The summed E-state index contributed by atoms with van der Waals surface area (Å²) in [5.74, 6) is 2.68. The molecule has 0 radical (unpaired) electrons. The Morgan fingerprint density at radius 1 is 1.10 bits per heavy atom. The summed E-state index contributed by atoms with van der Waals surface area (Å²) in [4.78, 5) is 9.15. The summed E-state index contributed by atoms with van der Waals surface area (Å²) in [5, 5.41) is 15.7. The number of aromatic nitrogens is 2. The third-order valence-corrected chi connectivity index (χ3v) is 3.60. The van der Waals surface area contributed by atoms with E-state index in [1.165, 1.54) is 0 Å². The van der Waals surface area contributed by atoms with Gasteiger partial charge < -0.3 is 15.7 Å². The van der Waals surface area contributed by atoms with E-state index in [-0.39, 0.29) is 12.0 Å². The van der Waals surface area contributed by atoms with E-state index in [0.717, 1.165) is 55.4 Å². The van der Waals surface area contributed by atoms with E-state index in [1.807, 2.05) is 6.92 Å². The second-order valence-corrected chi connectivity index (χ2v) is 6.19. The lowest BCUT2D eigenvalue weighted by molar-refractivity contribution is 0.248. The molecule has 0 aliphatic rings. The van der Waals surface area contributed by atoms with Gasteiger partial charge in [-0.2, -0.15) is 0 Å². The Morgan fingerprint density at radius 2 is 1.71 bits per heavy atom.